The van der Waals surface area contributed by atoms with Gasteiger partial charge in [0.05, 0.1) is 4.92 Å². The number of carbonyl (C=O) groups is 2. The Morgan fingerprint density at radius 3 is 2.50 bits per heavy atom. The maximum Gasteiger partial charge on any atom is 0.355 e. The first-order valence-electron chi connectivity index (χ1n) is 7.21. The molecule has 0 aliphatic carbocycles. The summed E-state index contributed by atoms with van der Waals surface area (Å²) in [6.45, 7) is 3.40. The topological polar surface area (TPSA) is 112 Å². The molecule has 0 aliphatic rings. The molecule has 9 heteroatoms. The molecule has 0 spiro atoms. The Morgan fingerprint density at radius 1 is 1.27 bits per heavy atom. The van der Waals surface area contributed by atoms with E-state index in [1.165, 1.54) is 48.6 Å². The standard InChI is InChI=1S/C17H13BrN2O6/c1-2-9-25-17(22)13(19-16(21)14-7-8-15(18)26-14)10-11-3-5-12(6-4-11)20(23)24/h2-8,10H,1,9H2,(H,19,21)/b13-10+. The highest BCUT2D eigenvalue weighted by molar-refractivity contribution is 9.10. The van der Waals surface area contributed by atoms with Gasteiger partial charge in [-0.05, 0) is 51.8 Å². The predicted octanol–water partition coefficient (Wildman–Crippen LogP) is 3.45. The highest BCUT2D eigenvalue weighted by Gasteiger charge is 2.18. The maximum absolute atomic E-state index is 12.2. The van der Waals surface area contributed by atoms with Crippen molar-refractivity contribution in [2.45, 2.75) is 0 Å². The number of nitrogens with zero attached hydrogens (tertiary/aromatic N) is 1. The summed E-state index contributed by atoms with van der Waals surface area (Å²) in [5.41, 5.74) is 0.211. The van der Waals surface area contributed by atoms with Crippen LogP contribution in [0.2, 0.25) is 0 Å². The Labute approximate surface area is 156 Å². The minimum Gasteiger partial charge on any atom is -0.457 e. The van der Waals surface area contributed by atoms with Crippen molar-refractivity contribution >= 4 is 39.6 Å². The number of nitrogens with one attached hydrogen (secondary N) is 1. The molecule has 8 nitrogen and oxygen atoms in total. The number of hydrogen-bond donors (Lipinski definition) is 1. The first kappa shape index (κ1) is 19.1. The smallest absolute Gasteiger partial charge is 0.355 e. The molecule has 1 N–H and O–H groups in total. The molecule has 1 heterocycles. The number of benzene rings is 1. The number of non-ortho nitro benzene ring substituents is 1. The molecule has 0 radical (unpaired) electrons. The summed E-state index contributed by atoms with van der Waals surface area (Å²) in [5.74, 6) is -1.45. The first-order chi connectivity index (χ1) is 12.4. The summed E-state index contributed by atoms with van der Waals surface area (Å²) >= 11 is 3.08. The molecule has 0 aliphatic heterocycles. The molecule has 0 saturated heterocycles. The molecular weight excluding hydrogens is 408 g/mol. The highest BCUT2D eigenvalue weighted by Crippen LogP contribution is 2.16. The van der Waals surface area contributed by atoms with Crippen LogP contribution < -0.4 is 5.32 Å². The van der Waals surface area contributed by atoms with E-state index in [1.54, 1.807) is 0 Å². The number of ether oxygens (including phenoxy) is 1. The summed E-state index contributed by atoms with van der Waals surface area (Å²) in [5, 5.41) is 13.1. The van der Waals surface area contributed by atoms with E-state index in [0.717, 1.165) is 0 Å². The van der Waals surface area contributed by atoms with Crippen LogP contribution in [0.1, 0.15) is 16.1 Å². The fourth-order valence-electron chi connectivity index (χ4n) is 1.84. The van der Waals surface area contributed by atoms with Crippen molar-refractivity contribution in [3.63, 3.8) is 0 Å². The third-order valence-corrected chi connectivity index (χ3v) is 3.44. The fraction of sp³-hybridized carbons (Fsp3) is 0.0588. The number of halogens is 1. The second-order valence-electron chi connectivity index (χ2n) is 4.85. The zero-order valence-electron chi connectivity index (χ0n) is 13.3. The largest absolute Gasteiger partial charge is 0.457 e. The van der Waals surface area contributed by atoms with Gasteiger partial charge >= 0.3 is 5.97 Å². The average molecular weight is 421 g/mol. The van der Waals surface area contributed by atoms with Gasteiger partial charge in [-0.25, -0.2) is 4.79 Å². The van der Waals surface area contributed by atoms with Crippen LogP contribution in [-0.2, 0) is 9.53 Å². The minimum atomic E-state index is -0.790. The molecular formula is C17H13BrN2O6. The number of amides is 1. The maximum atomic E-state index is 12.2. The first-order valence-corrected chi connectivity index (χ1v) is 8.01. The Hall–Kier alpha value is -3.20. The Kier molecular flexibility index (Phi) is 6.45. The third-order valence-electron chi connectivity index (χ3n) is 3.01. The molecule has 1 aromatic carbocycles. The molecule has 2 rings (SSSR count). The van der Waals surface area contributed by atoms with Gasteiger partial charge in [-0.1, -0.05) is 12.7 Å². The highest BCUT2D eigenvalue weighted by atomic mass is 79.9. The van der Waals surface area contributed by atoms with E-state index in [2.05, 4.69) is 27.8 Å². The van der Waals surface area contributed by atoms with E-state index in [4.69, 9.17) is 9.15 Å². The molecule has 0 atom stereocenters. The zero-order chi connectivity index (χ0) is 19.1. The molecule has 0 bridgehead atoms. The van der Waals surface area contributed by atoms with Gasteiger partial charge in [-0.15, -0.1) is 0 Å². The number of nitro benzene ring substituents is 1. The van der Waals surface area contributed by atoms with E-state index in [9.17, 15) is 19.7 Å². The lowest BCUT2D eigenvalue weighted by molar-refractivity contribution is -0.384. The van der Waals surface area contributed by atoms with Crippen LogP contribution in [-0.4, -0.2) is 23.4 Å². The van der Waals surface area contributed by atoms with E-state index < -0.39 is 16.8 Å². The molecule has 0 unspecified atom stereocenters. The summed E-state index contributed by atoms with van der Waals surface area (Å²) in [6, 6.07) is 8.40. The second-order valence-corrected chi connectivity index (χ2v) is 5.63. The van der Waals surface area contributed by atoms with Gasteiger partial charge in [0.1, 0.15) is 12.3 Å². The van der Waals surface area contributed by atoms with Gasteiger partial charge in [0.25, 0.3) is 11.6 Å². The summed E-state index contributed by atoms with van der Waals surface area (Å²) < 4.78 is 10.4. The third kappa shape index (κ3) is 5.15. The van der Waals surface area contributed by atoms with Crippen molar-refractivity contribution in [1.29, 1.82) is 0 Å². The summed E-state index contributed by atoms with van der Waals surface area (Å²) in [4.78, 5) is 34.5. The Bertz CT molecular complexity index is 870. The summed E-state index contributed by atoms with van der Waals surface area (Å²) in [6.07, 6.45) is 2.72. The average Bonchev–Trinajstić information content (AvgIpc) is 3.06. The predicted molar refractivity (Wildman–Crippen MR) is 96.1 cm³/mol. The molecule has 1 aromatic heterocycles. The van der Waals surface area contributed by atoms with E-state index in [0.29, 0.717) is 10.2 Å². The van der Waals surface area contributed by atoms with Gasteiger partial charge in [0.15, 0.2) is 10.4 Å². The van der Waals surface area contributed by atoms with Gasteiger partial charge in [0, 0.05) is 12.1 Å². The zero-order valence-corrected chi connectivity index (χ0v) is 14.9. The minimum absolute atomic E-state index is 0.0111. The van der Waals surface area contributed by atoms with Crippen LogP contribution in [0.3, 0.4) is 0 Å². The van der Waals surface area contributed by atoms with E-state index in [1.807, 2.05) is 0 Å². The number of hydrogen-bond acceptors (Lipinski definition) is 6. The van der Waals surface area contributed by atoms with Gasteiger partial charge < -0.3 is 14.5 Å². The fourth-order valence-corrected chi connectivity index (χ4v) is 2.14. The van der Waals surface area contributed by atoms with Crippen LogP contribution in [0.25, 0.3) is 6.08 Å². The molecule has 0 saturated carbocycles. The monoisotopic (exact) mass is 420 g/mol. The van der Waals surface area contributed by atoms with Crippen LogP contribution in [0.15, 0.2) is 63.8 Å². The van der Waals surface area contributed by atoms with Crippen LogP contribution >= 0.6 is 15.9 Å². The lowest BCUT2D eigenvalue weighted by Crippen LogP contribution is -2.28. The van der Waals surface area contributed by atoms with Crippen molar-refractivity contribution in [2.75, 3.05) is 6.61 Å². The van der Waals surface area contributed by atoms with E-state index in [-0.39, 0.29) is 23.8 Å². The van der Waals surface area contributed by atoms with Crippen LogP contribution in [0.4, 0.5) is 5.69 Å². The van der Waals surface area contributed by atoms with Gasteiger partial charge in [0.2, 0.25) is 0 Å². The van der Waals surface area contributed by atoms with Crippen molar-refractivity contribution in [2.24, 2.45) is 0 Å². The molecule has 0 fully saturated rings. The van der Waals surface area contributed by atoms with E-state index >= 15 is 0 Å². The number of carbonyl (C=O) groups excluding carboxylic acids is 2. The normalized spacial score (nSPS) is 10.9. The molecule has 1 amide bonds. The molecule has 26 heavy (non-hydrogen) atoms. The van der Waals surface area contributed by atoms with Gasteiger partial charge in [-0.3, -0.25) is 14.9 Å². The number of rotatable bonds is 7. The van der Waals surface area contributed by atoms with Gasteiger partial charge in [-0.2, -0.15) is 0 Å². The van der Waals surface area contributed by atoms with Crippen molar-refractivity contribution in [3.05, 3.63) is 80.9 Å². The lowest BCUT2D eigenvalue weighted by atomic mass is 10.1. The summed E-state index contributed by atoms with van der Waals surface area (Å²) in [7, 11) is 0. The Balaban J connectivity index is 2.27. The number of esters is 1. The Morgan fingerprint density at radius 2 is 1.96 bits per heavy atom. The lowest BCUT2D eigenvalue weighted by Gasteiger charge is -2.08. The van der Waals surface area contributed by atoms with Crippen molar-refractivity contribution in [3.8, 4) is 0 Å². The molecule has 2 aromatic rings. The molecule has 134 valence electrons. The van der Waals surface area contributed by atoms with Crippen LogP contribution in [0, 0.1) is 10.1 Å². The quantitative estimate of drug-likeness (QED) is 0.241. The second kappa shape index (κ2) is 8.77. The number of furan rings is 1. The van der Waals surface area contributed by atoms with Crippen LogP contribution in [0.5, 0.6) is 0 Å². The SMILES string of the molecule is C=CCOC(=O)/C(=C\c1ccc([N+](=O)[O-])cc1)NC(=O)c1ccc(Br)o1. The van der Waals surface area contributed by atoms with Crippen molar-refractivity contribution < 1.29 is 23.7 Å². The number of nitro groups is 1. The van der Waals surface area contributed by atoms with Crippen molar-refractivity contribution in [1.82, 2.24) is 5.32 Å².